The van der Waals surface area contributed by atoms with Crippen molar-refractivity contribution >= 4 is 34.8 Å². The Balaban J connectivity index is 1.51. The molecule has 8 heteroatoms. The molecule has 0 aliphatic carbocycles. The van der Waals surface area contributed by atoms with E-state index >= 15 is 0 Å². The van der Waals surface area contributed by atoms with E-state index in [4.69, 9.17) is 5.21 Å². The highest BCUT2D eigenvalue weighted by Crippen LogP contribution is 2.29. The number of nitrogens with zero attached hydrogens (tertiary/aromatic N) is 1. The summed E-state index contributed by atoms with van der Waals surface area (Å²) in [5.41, 5.74) is 3.37. The van der Waals surface area contributed by atoms with Crippen LogP contribution in [0.25, 0.3) is 5.57 Å². The summed E-state index contributed by atoms with van der Waals surface area (Å²) in [6.07, 6.45) is 1.56. The minimum absolute atomic E-state index is 0.0452. The number of hydrogen-bond donors (Lipinski definition) is 3. The van der Waals surface area contributed by atoms with Crippen LogP contribution in [-0.2, 0) is 9.59 Å². The highest BCUT2D eigenvalue weighted by atomic mass is 32.2. The normalized spacial score (nSPS) is 14.3. The van der Waals surface area contributed by atoms with Gasteiger partial charge in [0, 0.05) is 40.9 Å². The maximum atomic E-state index is 12.9. The van der Waals surface area contributed by atoms with Crippen LogP contribution in [0.2, 0.25) is 0 Å². The van der Waals surface area contributed by atoms with Crippen molar-refractivity contribution in [2.75, 3.05) is 23.7 Å². The second kappa shape index (κ2) is 10.3. The average Bonchev–Trinajstić information content (AvgIpc) is 2.78. The van der Waals surface area contributed by atoms with E-state index in [0.717, 1.165) is 36.5 Å². The third kappa shape index (κ3) is 5.61. The van der Waals surface area contributed by atoms with E-state index in [-0.39, 0.29) is 29.1 Å². The zero-order valence-electron chi connectivity index (χ0n) is 16.4. The number of halogens is 1. The Morgan fingerprint density at radius 2 is 1.80 bits per heavy atom. The van der Waals surface area contributed by atoms with Crippen LogP contribution in [0.4, 0.5) is 10.1 Å². The molecule has 1 fully saturated rings. The lowest BCUT2D eigenvalue weighted by molar-refractivity contribution is -0.123. The summed E-state index contributed by atoms with van der Waals surface area (Å²) in [7, 11) is 0. The predicted octanol–water partition coefficient (Wildman–Crippen LogP) is 3.22. The van der Waals surface area contributed by atoms with Gasteiger partial charge in [0.1, 0.15) is 5.82 Å². The van der Waals surface area contributed by atoms with E-state index in [1.54, 1.807) is 23.7 Å². The lowest BCUT2D eigenvalue weighted by Crippen LogP contribution is -2.45. The molecule has 2 aromatic carbocycles. The number of thioether (sulfide) groups is 1. The van der Waals surface area contributed by atoms with Crippen LogP contribution in [0.1, 0.15) is 18.4 Å². The predicted molar refractivity (Wildman–Crippen MR) is 116 cm³/mol. The van der Waals surface area contributed by atoms with Crippen LogP contribution in [0.3, 0.4) is 0 Å². The fourth-order valence-corrected chi connectivity index (χ4v) is 4.12. The van der Waals surface area contributed by atoms with Crippen LogP contribution < -0.4 is 15.7 Å². The van der Waals surface area contributed by atoms with Crippen molar-refractivity contribution in [1.29, 1.82) is 0 Å². The maximum absolute atomic E-state index is 12.9. The molecule has 0 atom stereocenters. The first-order valence-corrected chi connectivity index (χ1v) is 10.6. The third-order valence-electron chi connectivity index (χ3n) is 4.99. The van der Waals surface area contributed by atoms with Crippen molar-refractivity contribution in [2.45, 2.75) is 23.8 Å². The zero-order chi connectivity index (χ0) is 21.5. The number of para-hydroxylation sites is 1. The van der Waals surface area contributed by atoms with E-state index in [1.165, 1.54) is 23.9 Å². The topological polar surface area (TPSA) is 81.7 Å². The minimum atomic E-state index is -0.636. The molecule has 3 N–H and O–H groups in total. The number of carbonyl (C=O) groups excluding carboxylic acids is 2. The summed E-state index contributed by atoms with van der Waals surface area (Å²) in [5.74, 6) is -0.692. The molecule has 0 unspecified atom stereocenters. The molecule has 0 bridgehead atoms. The molecule has 6 nitrogen and oxygen atoms in total. The summed E-state index contributed by atoms with van der Waals surface area (Å²) in [6.45, 7) is 5.22. The first-order valence-electron chi connectivity index (χ1n) is 9.63. The first kappa shape index (κ1) is 21.9. The SMILES string of the molecule is C=C(C(=O)NO)c1ccccc1N1CCC(NC(=O)CSc2ccc(F)cc2)CC1. The van der Waals surface area contributed by atoms with Crippen LogP contribution in [-0.4, -0.2) is 41.9 Å². The fourth-order valence-electron chi connectivity index (χ4n) is 3.41. The second-order valence-corrected chi connectivity index (χ2v) is 8.06. The van der Waals surface area contributed by atoms with Gasteiger partial charge in [-0.1, -0.05) is 24.8 Å². The minimum Gasteiger partial charge on any atom is -0.371 e. The molecule has 0 saturated carbocycles. The van der Waals surface area contributed by atoms with Gasteiger partial charge in [-0.2, -0.15) is 0 Å². The highest BCUT2D eigenvalue weighted by Gasteiger charge is 2.23. The number of amides is 2. The average molecular weight is 430 g/mol. The van der Waals surface area contributed by atoms with Gasteiger partial charge in [0.25, 0.3) is 5.91 Å². The van der Waals surface area contributed by atoms with Gasteiger partial charge in [0.15, 0.2) is 0 Å². The molecule has 30 heavy (non-hydrogen) atoms. The molecule has 1 aliphatic heterocycles. The quantitative estimate of drug-likeness (QED) is 0.273. The van der Waals surface area contributed by atoms with Crippen molar-refractivity contribution in [3.63, 3.8) is 0 Å². The monoisotopic (exact) mass is 429 g/mol. The summed E-state index contributed by atoms with van der Waals surface area (Å²) in [6, 6.07) is 13.6. The largest absolute Gasteiger partial charge is 0.371 e. The highest BCUT2D eigenvalue weighted by molar-refractivity contribution is 8.00. The van der Waals surface area contributed by atoms with Crippen LogP contribution in [0, 0.1) is 5.82 Å². The summed E-state index contributed by atoms with van der Waals surface area (Å²) >= 11 is 1.38. The van der Waals surface area contributed by atoms with Gasteiger partial charge >= 0.3 is 0 Å². The Morgan fingerprint density at radius 1 is 1.13 bits per heavy atom. The van der Waals surface area contributed by atoms with Gasteiger partial charge in [0.2, 0.25) is 5.91 Å². The molecule has 0 aromatic heterocycles. The number of hydroxylamine groups is 1. The van der Waals surface area contributed by atoms with Gasteiger partial charge < -0.3 is 10.2 Å². The van der Waals surface area contributed by atoms with Crippen molar-refractivity contribution < 1.29 is 19.2 Å². The van der Waals surface area contributed by atoms with E-state index in [9.17, 15) is 14.0 Å². The van der Waals surface area contributed by atoms with Crippen molar-refractivity contribution in [3.8, 4) is 0 Å². The third-order valence-corrected chi connectivity index (χ3v) is 6.00. The molecule has 158 valence electrons. The lowest BCUT2D eigenvalue weighted by Gasteiger charge is -2.35. The molecular formula is C22H24FN3O3S. The fraction of sp³-hybridized carbons (Fsp3) is 0.273. The number of hydrogen-bond acceptors (Lipinski definition) is 5. The van der Waals surface area contributed by atoms with Gasteiger partial charge in [-0.3, -0.25) is 14.8 Å². The number of rotatable bonds is 7. The Hall–Kier alpha value is -2.84. The van der Waals surface area contributed by atoms with E-state index in [0.29, 0.717) is 5.56 Å². The molecule has 0 spiro atoms. The number of nitrogens with one attached hydrogen (secondary N) is 2. The summed E-state index contributed by atoms with van der Waals surface area (Å²) < 4.78 is 12.9. The van der Waals surface area contributed by atoms with Crippen LogP contribution >= 0.6 is 11.8 Å². The number of carbonyl (C=O) groups is 2. The van der Waals surface area contributed by atoms with E-state index in [1.807, 2.05) is 18.2 Å². The van der Waals surface area contributed by atoms with Crippen LogP contribution in [0.15, 0.2) is 60.0 Å². The molecule has 1 aliphatic rings. The first-order chi connectivity index (χ1) is 14.5. The standard InChI is InChI=1S/C22H24FN3O3S/c1-15(22(28)25-29)19-4-2-3-5-20(19)26-12-10-17(11-13-26)24-21(27)14-30-18-8-6-16(23)7-9-18/h2-9,17,29H,1,10-14H2,(H,24,27)(H,25,28). The smallest absolute Gasteiger partial charge is 0.274 e. The molecule has 2 amide bonds. The van der Waals surface area contributed by atoms with Crippen molar-refractivity contribution in [1.82, 2.24) is 10.8 Å². The number of anilines is 1. The second-order valence-electron chi connectivity index (χ2n) is 7.01. The number of benzene rings is 2. The van der Waals surface area contributed by atoms with Gasteiger partial charge in [-0.05, 0) is 43.2 Å². The van der Waals surface area contributed by atoms with E-state index in [2.05, 4.69) is 16.8 Å². The zero-order valence-corrected chi connectivity index (χ0v) is 17.3. The number of piperidine rings is 1. The van der Waals surface area contributed by atoms with Gasteiger partial charge in [-0.25, -0.2) is 9.87 Å². The van der Waals surface area contributed by atoms with Crippen molar-refractivity contribution in [2.24, 2.45) is 0 Å². The Morgan fingerprint density at radius 3 is 2.47 bits per heavy atom. The molecule has 2 aromatic rings. The molecule has 1 heterocycles. The Bertz CT molecular complexity index is 912. The summed E-state index contributed by atoms with van der Waals surface area (Å²) in [4.78, 5) is 27.0. The molecule has 1 saturated heterocycles. The maximum Gasteiger partial charge on any atom is 0.274 e. The summed E-state index contributed by atoms with van der Waals surface area (Å²) in [5, 5.41) is 11.9. The van der Waals surface area contributed by atoms with Crippen LogP contribution in [0.5, 0.6) is 0 Å². The molecular weight excluding hydrogens is 405 g/mol. The Labute approximate surface area is 179 Å². The molecule has 3 rings (SSSR count). The molecule has 0 radical (unpaired) electrons. The Kier molecular flexibility index (Phi) is 7.48. The van der Waals surface area contributed by atoms with Gasteiger partial charge in [-0.15, -0.1) is 11.8 Å². The lowest BCUT2D eigenvalue weighted by atomic mass is 10.00. The van der Waals surface area contributed by atoms with Gasteiger partial charge in [0.05, 0.1) is 5.75 Å². The van der Waals surface area contributed by atoms with E-state index < -0.39 is 5.91 Å². The van der Waals surface area contributed by atoms with Crippen molar-refractivity contribution in [3.05, 3.63) is 66.5 Å².